The minimum atomic E-state index is -0.772. The van der Waals surface area contributed by atoms with Crippen molar-refractivity contribution < 1.29 is 14.6 Å². The minimum Gasteiger partial charge on any atom is -0.496 e. The zero-order chi connectivity index (χ0) is 14.8. The Kier molecular flexibility index (Phi) is 8.62. The van der Waals surface area contributed by atoms with Gasteiger partial charge in [-0.05, 0) is 19.4 Å². The third kappa shape index (κ3) is 5.75. The summed E-state index contributed by atoms with van der Waals surface area (Å²) in [6, 6.07) is 0. The first kappa shape index (κ1) is 17.4. The Bertz CT molecular complexity index is 358. The van der Waals surface area contributed by atoms with Gasteiger partial charge in [0.25, 0.3) is 0 Å². The lowest BCUT2D eigenvalue weighted by molar-refractivity contribution is -0.130. The average Bonchev–Trinajstić information content (AvgIpc) is 2.37. The first-order chi connectivity index (χ1) is 9.01. The maximum absolute atomic E-state index is 11.5. The fourth-order valence-corrected chi connectivity index (χ4v) is 1.84. The van der Waals surface area contributed by atoms with Gasteiger partial charge in [0.05, 0.1) is 19.8 Å². The van der Waals surface area contributed by atoms with E-state index in [0.29, 0.717) is 17.9 Å². The van der Waals surface area contributed by atoms with Crippen LogP contribution in [0.2, 0.25) is 0 Å². The van der Waals surface area contributed by atoms with Gasteiger partial charge in [0.15, 0.2) is 0 Å². The van der Waals surface area contributed by atoms with Gasteiger partial charge >= 0.3 is 0 Å². The van der Waals surface area contributed by atoms with E-state index in [-0.39, 0.29) is 12.5 Å². The van der Waals surface area contributed by atoms with Crippen molar-refractivity contribution >= 4 is 5.91 Å². The number of amides is 1. The van der Waals surface area contributed by atoms with E-state index in [1.165, 1.54) is 6.92 Å². The van der Waals surface area contributed by atoms with E-state index in [9.17, 15) is 9.90 Å². The Morgan fingerprint density at radius 1 is 1.53 bits per heavy atom. The van der Waals surface area contributed by atoms with Crippen LogP contribution in [0.5, 0.6) is 0 Å². The molecule has 1 atom stereocenters. The summed E-state index contributed by atoms with van der Waals surface area (Å²) in [5, 5.41) is 10.3. The highest BCUT2D eigenvalue weighted by Gasteiger charge is 2.19. The predicted octanol–water partition coefficient (Wildman–Crippen LogP) is 2.27. The number of nitrogens with zero attached hydrogens (tertiary/aromatic N) is 1. The highest BCUT2D eigenvalue weighted by molar-refractivity contribution is 5.73. The molecule has 1 unspecified atom stereocenters. The second-order valence-electron chi connectivity index (χ2n) is 4.20. The summed E-state index contributed by atoms with van der Waals surface area (Å²) < 4.78 is 5.23. The lowest BCUT2D eigenvalue weighted by Crippen LogP contribution is -2.37. The lowest BCUT2D eigenvalue weighted by atomic mass is 10.1. The molecule has 0 aliphatic carbocycles. The molecule has 0 aliphatic heterocycles. The molecule has 0 aromatic heterocycles. The number of ether oxygens (including phenoxy) is 1. The van der Waals surface area contributed by atoms with Gasteiger partial charge < -0.3 is 14.7 Å². The van der Waals surface area contributed by atoms with Crippen LogP contribution in [0, 0.1) is 0 Å². The third-order valence-electron chi connectivity index (χ3n) is 2.78. The standard InChI is InChI=1S/C15H25NO3/c1-6-9-15(19-5)13(8-3)14(18)11-16(10-7-2)12(4)17/h6,8-9,14,18H,1,7,10-11H2,2-5H3/b13-8-,15-9+. The molecule has 0 fully saturated rings. The number of methoxy groups -OCH3 is 1. The molecule has 1 amide bonds. The van der Waals surface area contributed by atoms with E-state index in [4.69, 9.17) is 4.74 Å². The van der Waals surface area contributed by atoms with Gasteiger partial charge in [-0.2, -0.15) is 0 Å². The SMILES string of the molecule is C=C/C=C(OC)\C(=C/C)C(O)CN(CCC)C(C)=O. The molecule has 0 aromatic rings. The van der Waals surface area contributed by atoms with Crippen LogP contribution in [0.4, 0.5) is 0 Å². The van der Waals surface area contributed by atoms with Crippen molar-refractivity contribution in [2.75, 3.05) is 20.2 Å². The molecule has 4 nitrogen and oxygen atoms in total. The zero-order valence-electron chi connectivity index (χ0n) is 12.3. The topological polar surface area (TPSA) is 49.8 Å². The number of hydrogen-bond donors (Lipinski definition) is 1. The quantitative estimate of drug-likeness (QED) is 0.542. The molecular weight excluding hydrogens is 242 g/mol. The molecule has 4 heteroatoms. The minimum absolute atomic E-state index is 0.0389. The Labute approximate surface area is 116 Å². The largest absolute Gasteiger partial charge is 0.496 e. The normalized spacial score (nSPS) is 13.9. The second-order valence-corrected chi connectivity index (χ2v) is 4.20. The van der Waals surface area contributed by atoms with E-state index < -0.39 is 6.10 Å². The van der Waals surface area contributed by atoms with Crippen molar-refractivity contribution in [3.63, 3.8) is 0 Å². The van der Waals surface area contributed by atoms with Crippen LogP contribution in [0.15, 0.2) is 36.1 Å². The van der Waals surface area contributed by atoms with Crippen LogP contribution >= 0.6 is 0 Å². The summed E-state index contributed by atoms with van der Waals surface area (Å²) in [7, 11) is 1.54. The molecule has 0 heterocycles. The van der Waals surface area contributed by atoms with Crippen LogP contribution in [-0.2, 0) is 9.53 Å². The van der Waals surface area contributed by atoms with Gasteiger partial charge in [-0.25, -0.2) is 0 Å². The van der Waals surface area contributed by atoms with Crippen molar-refractivity contribution in [2.45, 2.75) is 33.3 Å². The van der Waals surface area contributed by atoms with Crippen LogP contribution in [0.3, 0.4) is 0 Å². The van der Waals surface area contributed by atoms with Gasteiger partial charge in [0.1, 0.15) is 5.76 Å². The van der Waals surface area contributed by atoms with E-state index >= 15 is 0 Å². The molecule has 0 aliphatic rings. The number of carbonyl (C=O) groups is 1. The number of aliphatic hydroxyl groups excluding tert-OH is 1. The highest BCUT2D eigenvalue weighted by atomic mass is 16.5. The molecular formula is C15H25NO3. The van der Waals surface area contributed by atoms with Gasteiger partial charge in [0.2, 0.25) is 5.91 Å². The van der Waals surface area contributed by atoms with Crippen molar-refractivity contribution in [1.82, 2.24) is 4.90 Å². The summed E-state index contributed by atoms with van der Waals surface area (Å²) in [6.45, 7) is 9.85. The lowest BCUT2D eigenvalue weighted by Gasteiger charge is -2.25. The summed E-state index contributed by atoms with van der Waals surface area (Å²) in [5.74, 6) is 0.521. The average molecular weight is 267 g/mol. The molecule has 19 heavy (non-hydrogen) atoms. The van der Waals surface area contributed by atoms with E-state index in [0.717, 1.165) is 6.42 Å². The number of aliphatic hydroxyl groups is 1. The molecule has 0 bridgehead atoms. The third-order valence-corrected chi connectivity index (χ3v) is 2.78. The summed E-state index contributed by atoms with van der Waals surface area (Å²) >= 11 is 0. The molecule has 0 rings (SSSR count). The van der Waals surface area contributed by atoms with Gasteiger partial charge in [-0.15, -0.1) is 0 Å². The maximum atomic E-state index is 11.5. The fourth-order valence-electron chi connectivity index (χ4n) is 1.84. The van der Waals surface area contributed by atoms with Gasteiger partial charge in [-0.3, -0.25) is 4.79 Å². The van der Waals surface area contributed by atoms with Crippen molar-refractivity contribution in [3.8, 4) is 0 Å². The molecule has 108 valence electrons. The van der Waals surface area contributed by atoms with Crippen LogP contribution < -0.4 is 0 Å². The van der Waals surface area contributed by atoms with Crippen LogP contribution in [-0.4, -0.2) is 42.2 Å². The molecule has 1 N–H and O–H groups in total. The van der Waals surface area contributed by atoms with Crippen molar-refractivity contribution in [3.05, 3.63) is 36.1 Å². The van der Waals surface area contributed by atoms with Crippen LogP contribution in [0.25, 0.3) is 0 Å². The number of rotatable bonds is 8. The number of allylic oxidation sites excluding steroid dienone is 3. The fraction of sp³-hybridized carbons (Fsp3) is 0.533. The van der Waals surface area contributed by atoms with Crippen LogP contribution in [0.1, 0.15) is 27.2 Å². The summed E-state index contributed by atoms with van der Waals surface area (Å²) in [5.41, 5.74) is 0.657. The summed E-state index contributed by atoms with van der Waals surface area (Å²) in [4.78, 5) is 13.1. The van der Waals surface area contributed by atoms with Crippen molar-refractivity contribution in [2.24, 2.45) is 0 Å². The van der Waals surface area contributed by atoms with Gasteiger partial charge in [-0.1, -0.05) is 25.7 Å². The Hall–Kier alpha value is -1.55. The Morgan fingerprint density at radius 2 is 2.16 bits per heavy atom. The number of hydrogen-bond acceptors (Lipinski definition) is 3. The smallest absolute Gasteiger partial charge is 0.219 e. The van der Waals surface area contributed by atoms with Gasteiger partial charge in [0, 0.05) is 19.0 Å². The molecule has 0 saturated heterocycles. The highest BCUT2D eigenvalue weighted by Crippen LogP contribution is 2.16. The first-order valence-corrected chi connectivity index (χ1v) is 6.48. The Balaban J connectivity index is 4.94. The molecule has 0 spiro atoms. The number of carbonyl (C=O) groups excluding carboxylic acids is 1. The van der Waals surface area contributed by atoms with E-state index in [1.54, 1.807) is 30.2 Å². The van der Waals surface area contributed by atoms with E-state index in [2.05, 4.69) is 6.58 Å². The predicted molar refractivity (Wildman–Crippen MR) is 77.6 cm³/mol. The second kappa shape index (κ2) is 9.39. The monoisotopic (exact) mass is 267 g/mol. The first-order valence-electron chi connectivity index (χ1n) is 6.48. The maximum Gasteiger partial charge on any atom is 0.219 e. The molecule has 0 radical (unpaired) electrons. The molecule has 0 aromatic carbocycles. The Morgan fingerprint density at radius 3 is 2.53 bits per heavy atom. The summed E-state index contributed by atoms with van der Waals surface area (Å²) in [6.07, 6.45) is 5.16. The molecule has 0 saturated carbocycles. The van der Waals surface area contributed by atoms with E-state index in [1.807, 2.05) is 13.8 Å². The van der Waals surface area contributed by atoms with Crippen molar-refractivity contribution in [1.29, 1.82) is 0 Å². The zero-order valence-corrected chi connectivity index (χ0v) is 12.3.